The molecule has 132 valence electrons. The van der Waals surface area contributed by atoms with Gasteiger partial charge in [-0.1, -0.05) is 24.3 Å². The molecule has 3 N–H and O–H groups in total. The van der Waals surface area contributed by atoms with Crippen molar-refractivity contribution in [2.24, 2.45) is 0 Å². The van der Waals surface area contributed by atoms with E-state index in [0.717, 1.165) is 0 Å². The lowest BCUT2D eigenvalue weighted by Crippen LogP contribution is -1.99. The molecule has 0 aliphatic heterocycles. The monoisotopic (exact) mass is 358 g/mol. The molecule has 0 bridgehead atoms. The first-order valence-electron chi connectivity index (χ1n) is 8.15. The molecule has 0 aliphatic carbocycles. The van der Waals surface area contributed by atoms with Crippen molar-refractivity contribution < 1.29 is 20.1 Å². The number of hydrogen-bond donors (Lipinski definition) is 3. The maximum atomic E-state index is 11.3. The molecule has 27 heavy (non-hydrogen) atoms. The number of nitrogens with zero attached hydrogens (tertiary/aromatic N) is 2. The van der Waals surface area contributed by atoms with Crippen molar-refractivity contribution in [2.45, 2.75) is 0 Å². The summed E-state index contributed by atoms with van der Waals surface area (Å²) in [6.45, 7) is 0. The molecule has 0 amide bonds. The highest BCUT2D eigenvalue weighted by Gasteiger charge is 2.15. The second-order valence-corrected chi connectivity index (χ2v) is 6.03. The number of hydrogen-bond acceptors (Lipinski definition) is 5. The Kier molecular flexibility index (Phi) is 3.93. The Morgan fingerprint density at radius 2 is 1.26 bits per heavy atom. The molecule has 4 aromatic rings. The first-order valence-corrected chi connectivity index (χ1v) is 8.15. The van der Waals surface area contributed by atoms with Crippen LogP contribution in [-0.4, -0.2) is 31.3 Å². The Morgan fingerprint density at radius 1 is 0.704 bits per heavy atom. The van der Waals surface area contributed by atoms with E-state index in [1.807, 2.05) is 0 Å². The Hall–Kier alpha value is -3.93. The van der Waals surface area contributed by atoms with Crippen LogP contribution in [0.4, 0.5) is 0 Å². The molecule has 0 atom stereocenters. The van der Waals surface area contributed by atoms with Crippen LogP contribution in [0.3, 0.4) is 0 Å². The van der Waals surface area contributed by atoms with Gasteiger partial charge in [-0.25, -0.2) is 14.8 Å². The fourth-order valence-electron chi connectivity index (χ4n) is 2.90. The molecule has 0 spiro atoms. The zero-order valence-corrected chi connectivity index (χ0v) is 14.0. The van der Waals surface area contributed by atoms with Gasteiger partial charge in [-0.2, -0.15) is 0 Å². The first-order chi connectivity index (χ1) is 13.0. The quantitative estimate of drug-likeness (QED) is 0.510. The number of aromatic hydroxyl groups is 2. The largest absolute Gasteiger partial charge is 0.508 e. The van der Waals surface area contributed by atoms with Crippen LogP contribution in [0.25, 0.3) is 33.5 Å². The third-order valence-electron chi connectivity index (χ3n) is 4.15. The summed E-state index contributed by atoms with van der Waals surface area (Å²) >= 11 is 0. The predicted octanol–water partition coefficient (Wildman–Crippen LogP) is 4.07. The van der Waals surface area contributed by atoms with Gasteiger partial charge in [0.05, 0.1) is 28.0 Å². The van der Waals surface area contributed by atoms with Crippen LogP contribution in [0.2, 0.25) is 0 Å². The molecule has 4 rings (SSSR count). The maximum Gasteiger partial charge on any atom is 0.335 e. The van der Waals surface area contributed by atoms with Gasteiger partial charge in [-0.05, 0) is 42.5 Å². The van der Waals surface area contributed by atoms with Crippen LogP contribution in [0.5, 0.6) is 11.5 Å². The average Bonchev–Trinajstić information content (AvgIpc) is 2.66. The zero-order valence-electron chi connectivity index (χ0n) is 14.0. The number of aromatic nitrogens is 2. The van der Waals surface area contributed by atoms with E-state index in [-0.39, 0.29) is 17.1 Å². The van der Waals surface area contributed by atoms with Crippen molar-refractivity contribution in [1.82, 2.24) is 9.97 Å². The topological polar surface area (TPSA) is 104 Å². The summed E-state index contributed by atoms with van der Waals surface area (Å²) < 4.78 is 0. The third-order valence-corrected chi connectivity index (χ3v) is 4.15. The number of phenolic OH excluding ortho intramolecular Hbond substituents is 2. The molecule has 0 saturated carbocycles. The van der Waals surface area contributed by atoms with Gasteiger partial charge < -0.3 is 15.3 Å². The number of carbonyl (C=O) groups is 1. The summed E-state index contributed by atoms with van der Waals surface area (Å²) in [6, 6.07) is 17.8. The minimum atomic E-state index is -1.05. The fourth-order valence-corrected chi connectivity index (χ4v) is 2.90. The molecule has 0 unspecified atom stereocenters. The summed E-state index contributed by atoms with van der Waals surface area (Å²) in [6.07, 6.45) is 0. The third kappa shape index (κ3) is 3.16. The average molecular weight is 358 g/mol. The molecule has 0 radical (unpaired) electrons. The molecule has 3 aromatic carbocycles. The maximum absolute atomic E-state index is 11.3. The highest BCUT2D eigenvalue weighted by Crippen LogP contribution is 2.33. The Morgan fingerprint density at radius 3 is 1.78 bits per heavy atom. The van der Waals surface area contributed by atoms with E-state index in [1.54, 1.807) is 54.6 Å². The Labute approximate surface area is 154 Å². The number of benzene rings is 3. The van der Waals surface area contributed by atoms with E-state index >= 15 is 0 Å². The van der Waals surface area contributed by atoms with E-state index in [0.29, 0.717) is 33.5 Å². The predicted molar refractivity (Wildman–Crippen MR) is 101 cm³/mol. The van der Waals surface area contributed by atoms with E-state index < -0.39 is 5.97 Å². The molecule has 0 saturated heterocycles. The van der Waals surface area contributed by atoms with Crippen LogP contribution in [-0.2, 0) is 0 Å². The lowest BCUT2D eigenvalue weighted by Gasteiger charge is -2.11. The van der Waals surface area contributed by atoms with Crippen molar-refractivity contribution in [3.05, 3.63) is 72.3 Å². The number of fused-ring (bicyclic) bond motifs is 1. The zero-order chi connectivity index (χ0) is 19.0. The van der Waals surface area contributed by atoms with Crippen LogP contribution in [0, 0.1) is 0 Å². The van der Waals surface area contributed by atoms with E-state index in [1.165, 1.54) is 12.1 Å². The molecule has 6 heteroatoms. The van der Waals surface area contributed by atoms with Gasteiger partial charge in [0.2, 0.25) is 0 Å². The van der Waals surface area contributed by atoms with Gasteiger partial charge in [-0.3, -0.25) is 0 Å². The Balaban J connectivity index is 2.03. The van der Waals surface area contributed by atoms with Crippen molar-refractivity contribution >= 4 is 17.0 Å². The minimum absolute atomic E-state index is 0.0792. The summed E-state index contributed by atoms with van der Waals surface area (Å²) in [5.41, 5.74) is 3.36. The van der Waals surface area contributed by atoms with E-state index in [2.05, 4.69) is 9.97 Å². The van der Waals surface area contributed by atoms with Gasteiger partial charge in [0.1, 0.15) is 11.5 Å². The van der Waals surface area contributed by atoms with Crippen LogP contribution in [0.1, 0.15) is 10.4 Å². The van der Waals surface area contributed by atoms with Crippen molar-refractivity contribution in [3.8, 4) is 34.0 Å². The van der Waals surface area contributed by atoms with Gasteiger partial charge in [0.25, 0.3) is 0 Å². The highest BCUT2D eigenvalue weighted by atomic mass is 16.4. The van der Waals surface area contributed by atoms with Crippen molar-refractivity contribution in [3.63, 3.8) is 0 Å². The summed E-state index contributed by atoms with van der Waals surface area (Å²) in [5, 5.41) is 28.9. The number of carboxylic acid groups (broad SMARTS) is 1. The summed E-state index contributed by atoms with van der Waals surface area (Å²) in [7, 11) is 0. The van der Waals surface area contributed by atoms with Gasteiger partial charge in [-0.15, -0.1) is 0 Å². The highest BCUT2D eigenvalue weighted by molar-refractivity contribution is 5.94. The number of phenols is 2. The van der Waals surface area contributed by atoms with Crippen molar-refractivity contribution in [2.75, 3.05) is 0 Å². The second kappa shape index (κ2) is 6.42. The Bertz CT molecular complexity index is 1190. The molecular weight excluding hydrogens is 344 g/mol. The van der Waals surface area contributed by atoms with E-state index in [9.17, 15) is 20.1 Å². The molecular formula is C21H14N2O4. The number of rotatable bonds is 3. The second-order valence-electron chi connectivity index (χ2n) is 6.03. The first kappa shape index (κ1) is 16.5. The standard InChI is InChI=1S/C21H14N2O4/c24-15-5-1-3-12(9-15)19-20(13-4-2-6-16(25)10-13)23-18-11-14(21(26)27)7-8-17(18)22-19/h1-11,24-25H,(H,26,27). The van der Waals surface area contributed by atoms with Crippen LogP contribution >= 0.6 is 0 Å². The fraction of sp³-hybridized carbons (Fsp3) is 0. The lowest BCUT2D eigenvalue weighted by atomic mass is 10.0. The molecule has 0 fully saturated rings. The number of carboxylic acids is 1. The summed E-state index contributed by atoms with van der Waals surface area (Å²) in [5.74, 6) is -0.873. The number of aromatic carboxylic acids is 1. The SMILES string of the molecule is O=C(O)c1ccc2nc(-c3cccc(O)c3)c(-c3cccc(O)c3)nc2c1. The van der Waals surface area contributed by atoms with Gasteiger partial charge >= 0.3 is 5.97 Å². The van der Waals surface area contributed by atoms with Crippen LogP contribution < -0.4 is 0 Å². The van der Waals surface area contributed by atoms with Crippen molar-refractivity contribution in [1.29, 1.82) is 0 Å². The molecule has 1 aromatic heterocycles. The lowest BCUT2D eigenvalue weighted by molar-refractivity contribution is 0.0697. The van der Waals surface area contributed by atoms with Gasteiger partial charge in [0.15, 0.2) is 0 Å². The van der Waals surface area contributed by atoms with Crippen LogP contribution in [0.15, 0.2) is 66.7 Å². The summed E-state index contributed by atoms with van der Waals surface area (Å²) in [4.78, 5) is 20.5. The van der Waals surface area contributed by atoms with Gasteiger partial charge in [0, 0.05) is 11.1 Å². The van der Waals surface area contributed by atoms with E-state index in [4.69, 9.17) is 0 Å². The molecule has 6 nitrogen and oxygen atoms in total. The minimum Gasteiger partial charge on any atom is -0.508 e. The smallest absolute Gasteiger partial charge is 0.335 e. The molecule has 1 heterocycles. The molecule has 0 aliphatic rings. The normalized spacial score (nSPS) is 10.8.